The second kappa shape index (κ2) is 8.76. The summed E-state index contributed by atoms with van der Waals surface area (Å²) in [6.07, 6.45) is 0. The van der Waals surface area contributed by atoms with Crippen molar-refractivity contribution in [1.82, 2.24) is 0 Å². The maximum absolute atomic E-state index is 2.39. The third-order valence-electron chi connectivity index (χ3n) is 8.62. The van der Waals surface area contributed by atoms with E-state index in [0.29, 0.717) is 0 Å². The predicted octanol–water partition coefficient (Wildman–Crippen LogP) is 12.0. The van der Waals surface area contributed by atoms with Gasteiger partial charge in [0.05, 0.1) is 0 Å². The van der Waals surface area contributed by atoms with Crippen LogP contribution in [0, 0.1) is 0 Å². The lowest BCUT2D eigenvalue weighted by molar-refractivity contribution is 1.69. The van der Waals surface area contributed by atoms with Crippen LogP contribution in [0.4, 0.5) is 0 Å². The molecule has 9 aromatic rings. The summed E-state index contributed by atoms with van der Waals surface area (Å²) in [5.74, 6) is 0. The number of fused-ring (bicyclic) bond motifs is 7. The summed E-state index contributed by atoms with van der Waals surface area (Å²) >= 11 is 1.90. The second-order valence-corrected chi connectivity index (χ2v) is 11.9. The quantitative estimate of drug-likeness (QED) is 0.193. The van der Waals surface area contributed by atoms with Gasteiger partial charge in [-0.05, 0) is 83.5 Å². The Morgan fingerprint density at radius 3 is 1.49 bits per heavy atom. The third-order valence-corrected chi connectivity index (χ3v) is 9.74. The maximum Gasteiger partial charge on any atom is 0.0362 e. The van der Waals surface area contributed by atoms with Crippen LogP contribution < -0.4 is 0 Å². The average Bonchev–Trinajstić information content (AvgIpc) is 3.40. The second-order valence-electron chi connectivity index (χ2n) is 10.8. The molecule has 8 aromatic carbocycles. The summed E-state index contributed by atoms with van der Waals surface area (Å²) in [6, 6.07) is 53.7. The Hall–Kier alpha value is -4.98. The molecule has 41 heavy (non-hydrogen) atoms. The van der Waals surface area contributed by atoms with Gasteiger partial charge in [-0.1, -0.05) is 127 Å². The first-order valence-electron chi connectivity index (χ1n) is 14.1. The molecule has 0 unspecified atom stereocenters. The number of rotatable bonds is 2. The van der Waals surface area contributed by atoms with E-state index in [1.165, 1.54) is 85.5 Å². The molecule has 0 nitrogen and oxygen atoms in total. The Morgan fingerprint density at radius 2 is 0.805 bits per heavy atom. The van der Waals surface area contributed by atoms with Crippen molar-refractivity contribution in [2.75, 3.05) is 0 Å². The summed E-state index contributed by atoms with van der Waals surface area (Å²) in [5.41, 5.74) is 5.22. The first kappa shape index (κ1) is 22.8. The molecule has 0 aliphatic heterocycles. The molecule has 9 rings (SSSR count). The highest BCUT2D eigenvalue weighted by Crippen LogP contribution is 2.48. The molecule has 0 spiro atoms. The van der Waals surface area contributed by atoms with E-state index >= 15 is 0 Å². The largest absolute Gasteiger partial charge is 0.135 e. The molecule has 0 N–H and O–H groups in total. The van der Waals surface area contributed by atoms with Crippen LogP contribution in [0.1, 0.15) is 0 Å². The van der Waals surface area contributed by atoms with Gasteiger partial charge in [0.25, 0.3) is 0 Å². The minimum Gasteiger partial charge on any atom is -0.135 e. The maximum atomic E-state index is 2.39. The minimum atomic E-state index is 1.27. The van der Waals surface area contributed by atoms with E-state index in [-0.39, 0.29) is 0 Å². The molecule has 0 fully saturated rings. The zero-order chi connectivity index (χ0) is 26.9. The van der Waals surface area contributed by atoms with E-state index in [2.05, 4.69) is 146 Å². The topological polar surface area (TPSA) is 0 Å². The molecule has 0 saturated carbocycles. The lowest BCUT2D eigenvalue weighted by Crippen LogP contribution is -1.92. The van der Waals surface area contributed by atoms with Crippen molar-refractivity contribution in [3.63, 3.8) is 0 Å². The lowest BCUT2D eigenvalue weighted by atomic mass is 9.84. The highest BCUT2D eigenvalue weighted by atomic mass is 32.1. The van der Waals surface area contributed by atoms with Crippen molar-refractivity contribution in [3.05, 3.63) is 146 Å². The van der Waals surface area contributed by atoms with Gasteiger partial charge in [-0.3, -0.25) is 0 Å². The van der Waals surface area contributed by atoms with Gasteiger partial charge < -0.3 is 0 Å². The van der Waals surface area contributed by atoms with Gasteiger partial charge >= 0.3 is 0 Å². The molecule has 0 saturated heterocycles. The van der Waals surface area contributed by atoms with Crippen LogP contribution >= 0.6 is 11.3 Å². The molecule has 1 aromatic heterocycles. The molecule has 0 aliphatic rings. The van der Waals surface area contributed by atoms with E-state index in [9.17, 15) is 0 Å². The van der Waals surface area contributed by atoms with Gasteiger partial charge in [0.2, 0.25) is 0 Å². The summed E-state index contributed by atoms with van der Waals surface area (Å²) in [7, 11) is 0. The molecule has 0 radical (unpaired) electrons. The monoisotopic (exact) mass is 536 g/mol. The van der Waals surface area contributed by atoms with E-state index in [4.69, 9.17) is 0 Å². The molecule has 1 heteroatoms. The first-order valence-corrected chi connectivity index (χ1v) is 14.9. The normalized spacial score (nSPS) is 11.9. The standard InChI is InChI=1S/C40H24S/c1-2-13-27-24-37-35(23-26(27)12-1)40-34(21-10-22-36(40)41-37)39-32-18-7-5-16-30(32)38(31-17-6-8-19-33(31)39)29-20-9-14-25-11-3-4-15-28(25)29/h1-24H. The van der Waals surface area contributed by atoms with Crippen molar-refractivity contribution < 1.29 is 0 Å². The fourth-order valence-electron chi connectivity index (χ4n) is 6.87. The molecule has 0 amide bonds. The zero-order valence-electron chi connectivity index (χ0n) is 22.3. The lowest BCUT2D eigenvalue weighted by Gasteiger charge is -2.19. The molecule has 0 bridgehead atoms. The van der Waals surface area contributed by atoms with Crippen molar-refractivity contribution in [1.29, 1.82) is 0 Å². The molecule has 0 aliphatic carbocycles. The van der Waals surface area contributed by atoms with Gasteiger partial charge in [0.15, 0.2) is 0 Å². The van der Waals surface area contributed by atoms with E-state index in [0.717, 1.165) is 0 Å². The molecule has 1 heterocycles. The number of benzene rings is 8. The van der Waals surface area contributed by atoms with Gasteiger partial charge in [-0.25, -0.2) is 0 Å². The summed E-state index contributed by atoms with van der Waals surface area (Å²) in [5, 5.41) is 13.0. The van der Waals surface area contributed by atoms with Gasteiger partial charge in [0, 0.05) is 20.2 Å². The van der Waals surface area contributed by atoms with Crippen LogP contribution in [0.15, 0.2) is 146 Å². The van der Waals surface area contributed by atoms with Gasteiger partial charge in [-0.2, -0.15) is 0 Å². The highest BCUT2D eigenvalue weighted by Gasteiger charge is 2.20. The Morgan fingerprint density at radius 1 is 0.317 bits per heavy atom. The van der Waals surface area contributed by atoms with Crippen molar-refractivity contribution in [3.8, 4) is 22.3 Å². The fraction of sp³-hybridized carbons (Fsp3) is 0. The van der Waals surface area contributed by atoms with Crippen LogP contribution in [0.5, 0.6) is 0 Å². The van der Waals surface area contributed by atoms with Crippen molar-refractivity contribution in [2.24, 2.45) is 0 Å². The number of thiophene rings is 1. The molecule has 190 valence electrons. The molecule has 0 atom stereocenters. The van der Waals surface area contributed by atoms with Crippen molar-refractivity contribution >= 4 is 74.6 Å². The third kappa shape index (κ3) is 3.33. The van der Waals surface area contributed by atoms with Gasteiger partial charge in [0.1, 0.15) is 0 Å². The SMILES string of the molecule is c1ccc2cc3c(cc2c1)sc1cccc(-c2c4ccccc4c(-c4cccc5ccccc45)c4ccccc24)c13. The highest BCUT2D eigenvalue weighted by molar-refractivity contribution is 7.26. The first-order chi connectivity index (χ1) is 20.3. The minimum absolute atomic E-state index is 1.27. The Kier molecular flexibility index (Phi) is 4.87. The van der Waals surface area contributed by atoms with Gasteiger partial charge in [-0.15, -0.1) is 11.3 Å². The Labute approximate surface area is 241 Å². The van der Waals surface area contributed by atoms with E-state index in [1.54, 1.807) is 0 Å². The smallest absolute Gasteiger partial charge is 0.0362 e. The number of hydrogen-bond donors (Lipinski definition) is 0. The van der Waals surface area contributed by atoms with Crippen LogP contribution in [-0.4, -0.2) is 0 Å². The van der Waals surface area contributed by atoms with Crippen LogP contribution in [0.2, 0.25) is 0 Å². The summed E-state index contributed by atoms with van der Waals surface area (Å²) in [6.45, 7) is 0. The van der Waals surface area contributed by atoms with Crippen molar-refractivity contribution in [2.45, 2.75) is 0 Å². The van der Waals surface area contributed by atoms with E-state index < -0.39 is 0 Å². The fourth-order valence-corrected chi connectivity index (χ4v) is 8.03. The van der Waals surface area contributed by atoms with E-state index in [1.807, 2.05) is 11.3 Å². The van der Waals surface area contributed by atoms with Crippen LogP contribution in [0.25, 0.3) is 85.5 Å². The number of hydrogen-bond acceptors (Lipinski definition) is 1. The van der Waals surface area contributed by atoms with Crippen LogP contribution in [0.3, 0.4) is 0 Å². The molecular weight excluding hydrogens is 513 g/mol. The summed E-state index contributed by atoms with van der Waals surface area (Å²) in [4.78, 5) is 0. The van der Waals surface area contributed by atoms with Crippen LogP contribution in [-0.2, 0) is 0 Å². The average molecular weight is 537 g/mol. The molecular formula is C40H24S. The zero-order valence-corrected chi connectivity index (χ0v) is 23.1. The summed E-state index contributed by atoms with van der Waals surface area (Å²) < 4.78 is 2.67. The predicted molar refractivity (Wildman–Crippen MR) is 180 cm³/mol. The Balaban J connectivity index is 1.46. The Bertz CT molecular complexity index is 2410.